The van der Waals surface area contributed by atoms with E-state index >= 15 is 0 Å². The van der Waals surface area contributed by atoms with Crippen LogP contribution in [0.3, 0.4) is 0 Å². The summed E-state index contributed by atoms with van der Waals surface area (Å²) in [6, 6.07) is 11.3. The fourth-order valence-electron chi connectivity index (χ4n) is 3.94. The molecule has 0 bridgehead atoms. The molecule has 4 rings (SSSR count). The molecule has 0 aliphatic carbocycles. The van der Waals surface area contributed by atoms with Gasteiger partial charge in [-0.05, 0) is 57.4 Å². The van der Waals surface area contributed by atoms with Crippen molar-refractivity contribution in [3.63, 3.8) is 0 Å². The molecular formula is C22H27N5O2. The fraction of sp³-hybridized carbons (Fsp3) is 0.409. The number of piperidine rings is 1. The Morgan fingerprint density at radius 3 is 2.90 bits per heavy atom. The zero-order valence-electron chi connectivity index (χ0n) is 16.9. The lowest BCUT2D eigenvalue weighted by molar-refractivity contribution is 0.0949. The van der Waals surface area contributed by atoms with Gasteiger partial charge in [-0.2, -0.15) is 5.10 Å². The van der Waals surface area contributed by atoms with Crippen molar-refractivity contribution in [2.45, 2.75) is 45.2 Å². The Morgan fingerprint density at radius 1 is 1.24 bits per heavy atom. The van der Waals surface area contributed by atoms with Crippen LogP contribution in [-0.4, -0.2) is 39.2 Å². The van der Waals surface area contributed by atoms with Crippen LogP contribution < -0.4 is 15.8 Å². The first-order chi connectivity index (χ1) is 14.0. The minimum absolute atomic E-state index is 0.00867. The predicted octanol–water partition coefficient (Wildman–Crippen LogP) is 2.87. The Bertz CT molecular complexity index is 1040. The third-order valence-electron chi connectivity index (χ3n) is 5.49. The van der Waals surface area contributed by atoms with Crippen molar-refractivity contribution in [3.05, 3.63) is 64.7 Å². The van der Waals surface area contributed by atoms with Crippen molar-refractivity contribution < 1.29 is 4.79 Å². The molecule has 1 amide bonds. The summed E-state index contributed by atoms with van der Waals surface area (Å²) in [5.41, 5.74) is 1.56. The highest BCUT2D eigenvalue weighted by Crippen LogP contribution is 2.22. The first-order valence-corrected chi connectivity index (χ1v) is 10.2. The Balaban J connectivity index is 1.48. The van der Waals surface area contributed by atoms with E-state index in [1.807, 2.05) is 54.9 Å². The molecule has 1 fully saturated rings. The second-order valence-corrected chi connectivity index (χ2v) is 7.88. The molecule has 1 saturated heterocycles. The van der Waals surface area contributed by atoms with E-state index in [0.29, 0.717) is 12.1 Å². The van der Waals surface area contributed by atoms with Crippen LogP contribution in [0, 0.1) is 0 Å². The van der Waals surface area contributed by atoms with E-state index in [9.17, 15) is 9.59 Å². The first kappa shape index (κ1) is 19.2. The van der Waals surface area contributed by atoms with Gasteiger partial charge in [-0.15, -0.1) is 0 Å². The molecule has 0 saturated carbocycles. The number of carbonyl (C=O) groups is 1. The van der Waals surface area contributed by atoms with Gasteiger partial charge in [-0.25, -0.2) is 4.68 Å². The molecule has 1 N–H and O–H groups in total. The number of nitrogens with zero attached hydrogens (tertiary/aromatic N) is 4. The van der Waals surface area contributed by atoms with Gasteiger partial charge in [0.1, 0.15) is 5.82 Å². The number of amides is 1. The standard InChI is InChI=1S/C22H27N5O2/c1-16(2)27-21(28)10-9-20(24-27)26-12-6-4-8-19(26)14-23-22(29)17-13-18-7-3-5-11-25(18)15-17/h3,5,7,9-11,13,15-16,19H,4,6,8,12,14H2,1-2H3,(H,23,29). The molecule has 1 aliphatic rings. The third kappa shape index (κ3) is 4.04. The van der Waals surface area contributed by atoms with Crippen LogP contribution in [0.25, 0.3) is 5.52 Å². The molecule has 0 radical (unpaired) electrons. The molecular weight excluding hydrogens is 366 g/mol. The molecule has 0 aromatic carbocycles. The predicted molar refractivity (Wildman–Crippen MR) is 114 cm³/mol. The smallest absolute Gasteiger partial charge is 0.267 e. The molecule has 152 valence electrons. The van der Waals surface area contributed by atoms with Gasteiger partial charge in [0.25, 0.3) is 11.5 Å². The van der Waals surface area contributed by atoms with Crippen molar-refractivity contribution in [1.29, 1.82) is 0 Å². The number of pyridine rings is 1. The molecule has 1 atom stereocenters. The normalized spacial score (nSPS) is 17.1. The highest BCUT2D eigenvalue weighted by Gasteiger charge is 2.25. The van der Waals surface area contributed by atoms with Gasteiger partial charge >= 0.3 is 0 Å². The molecule has 1 unspecified atom stereocenters. The molecule has 3 aromatic heterocycles. The Kier molecular flexibility index (Phi) is 5.38. The summed E-state index contributed by atoms with van der Waals surface area (Å²) in [5.74, 6) is 0.728. The maximum absolute atomic E-state index is 12.7. The summed E-state index contributed by atoms with van der Waals surface area (Å²) in [4.78, 5) is 27.0. The van der Waals surface area contributed by atoms with E-state index in [4.69, 9.17) is 0 Å². The Morgan fingerprint density at radius 2 is 2.10 bits per heavy atom. The van der Waals surface area contributed by atoms with Gasteiger partial charge in [0.2, 0.25) is 0 Å². The quantitative estimate of drug-likeness (QED) is 0.724. The van der Waals surface area contributed by atoms with Gasteiger partial charge in [0.05, 0.1) is 11.6 Å². The van der Waals surface area contributed by atoms with E-state index < -0.39 is 0 Å². The van der Waals surface area contributed by atoms with Crippen LogP contribution in [-0.2, 0) is 0 Å². The average molecular weight is 393 g/mol. The highest BCUT2D eigenvalue weighted by molar-refractivity contribution is 5.95. The molecule has 0 spiro atoms. The van der Waals surface area contributed by atoms with Crippen molar-refractivity contribution >= 4 is 17.2 Å². The number of hydrogen-bond donors (Lipinski definition) is 1. The van der Waals surface area contributed by atoms with Gasteiger partial charge in [-0.1, -0.05) is 6.07 Å². The van der Waals surface area contributed by atoms with E-state index in [0.717, 1.165) is 37.1 Å². The number of anilines is 1. The van der Waals surface area contributed by atoms with Crippen molar-refractivity contribution in [2.75, 3.05) is 18.0 Å². The lowest BCUT2D eigenvalue weighted by atomic mass is 10.0. The monoisotopic (exact) mass is 393 g/mol. The van der Waals surface area contributed by atoms with Gasteiger partial charge < -0.3 is 14.6 Å². The second kappa shape index (κ2) is 8.11. The summed E-state index contributed by atoms with van der Waals surface area (Å²) in [7, 11) is 0. The summed E-state index contributed by atoms with van der Waals surface area (Å²) in [6.45, 7) is 5.33. The lowest BCUT2D eigenvalue weighted by Crippen LogP contribution is -2.47. The number of hydrogen-bond acceptors (Lipinski definition) is 4. The van der Waals surface area contributed by atoms with Crippen LogP contribution in [0.4, 0.5) is 5.82 Å². The Hall–Kier alpha value is -3.09. The van der Waals surface area contributed by atoms with E-state index in [2.05, 4.69) is 15.3 Å². The highest BCUT2D eigenvalue weighted by atomic mass is 16.1. The summed E-state index contributed by atoms with van der Waals surface area (Å²) >= 11 is 0. The van der Waals surface area contributed by atoms with Crippen LogP contribution in [0.5, 0.6) is 0 Å². The zero-order valence-corrected chi connectivity index (χ0v) is 16.9. The number of fused-ring (bicyclic) bond motifs is 1. The van der Waals surface area contributed by atoms with E-state index in [1.54, 1.807) is 12.1 Å². The fourth-order valence-corrected chi connectivity index (χ4v) is 3.94. The molecule has 3 aromatic rings. The summed E-state index contributed by atoms with van der Waals surface area (Å²) in [5, 5.41) is 7.66. The largest absolute Gasteiger partial charge is 0.350 e. The van der Waals surface area contributed by atoms with Crippen LogP contribution >= 0.6 is 0 Å². The van der Waals surface area contributed by atoms with Gasteiger partial charge in [-0.3, -0.25) is 9.59 Å². The average Bonchev–Trinajstić information content (AvgIpc) is 3.17. The summed E-state index contributed by atoms with van der Waals surface area (Å²) in [6.07, 6.45) is 6.98. The van der Waals surface area contributed by atoms with Gasteiger partial charge in [0, 0.05) is 43.1 Å². The van der Waals surface area contributed by atoms with Gasteiger partial charge in [0.15, 0.2) is 0 Å². The molecule has 1 aliphatic heterocycles. The van der Waals surface area contributed by atoms with E-state index in [-0.39, 0.29) is 23.6 Å². The van der Waals surface area contributed by atoms with Crippen LogP contribution in [0.15, 0.2) is 53.6 Å². The molecule has 7 heteroatoms. The lowest BCUT2D eigenvalue weighted by Gasteiger charge is -2.36. The Labute approximate surface area is 170 Å². The number of aromatic nitrogens is 3. The molecule has 7 nitrogen and oxygen atoms in total. The van der Waals surface area contributed by atoms with E-state index in [1.165, 1.54) is 4.68 Å². The third-order valence-corrected chi connectivity index (χ3v) is 5.49. The number of rotatable bonds is 5. The van der Waals surface area contributed by atoms with Crippen molar-refractivity contribution in [3.8, 4) is 0 Å². The minimum atomic E-state index is -0.0913. The number of nitrogens with one attached hydrogen (secondary N) is 1. The van der Waals surface area contributed by atoms with Crippen molar-refractivity contribution in [1.82, 2.24) is 19.5 Å². The van der Waals surface area contributed by atoms with Crippen LogP contribution in [0.2, 0.25) is 0 Å². The zero-order chi connectivity index (χ0) is 20.4. The maximum Gasteiger partial charge on any atom is 0.267 e. The van der Waals surface area contributed by atoms with Crippen molar-refractivity contribution in [2.24, 2.45) is 0 Å². The first-order valence-electron chi connectivity index (χ1n) is 10.2. The maximum atomic E-state index is 12.7. The molecule has 4 heterocycles. The minimum Gasteiger partial charge on any atom is -0.350 e. The SMILES string of the molecule is CC(C)n1nc(N2CCCCC2CNC(=O)c2cc3ccccn3c2)ccc1=O. The number of carbonyl (C=O) groups excluding carboxylic acids is 1. The topological polar surface area (TPSA) is 71.6 Å². The molecule has 29 heavy (non-hydrogen) atoms. The summed E-state index contributed by atoms with van der Waals surface area (Å²) < 4.78 is 3.47. The van der Waals surface area contributed by atoms with Crippen LogP contribution in [0.1, 0.15) is 49.5 Å². The second-order valence-electron chi connectivity index (χ2n) is 7.88.